The quantitative estimate of drug-likeness (QED) is 0.881. The fraction of sp³-hybridized carbons (Fsp3) is 0.316. The smallest absolute Gasteiger partial charge is 0.265 e. The Hall–Kier alpha value is -2.29. The van der Waals surface area contributed by atoms with Crippen LogP contribution >= 0.6 is 0 Å². The number of rotatable bonds is 5. The predicted octanol–water partition coefficient (Wildman–Crippen LogP) is 4.52. The van der Waals surface area contributed by atoms with Crippen LogP contribution < -0.4 is 10.1 Å². The monoisotopic (exact) mass is 297 g/mol. The lowest BCUT2D eigenvalue weighted by atomic mass is 10.0. The Balaban J connectivity index is 1.96. The molecule has 2 aromatic carbocycles. The number of ether oxygens (including phenoxy) is 1. The van der Waals surface area contributed by atoms with Crippen LogP contribution in [-0.4, -0.2) is 12.0 Å². The molecule has 2 rings (SSSR count). The first-order valence-electron chi connectivity index (χ1n) is 7.60. The van der Waals surface area contributed by atoms with Crippen LogP contribution in [0.1, 0.15) is 37.8 Å². The Bertz CT molecular complexity index is 632. The Labute approximate surface area is 132 Å². The number of carbonyl (C=O) groups excluding carboxylic acids is 1. The Morgan fingerprint density at radius 2 is 1.73 bits per heavy atom. The van der Waals surface area contributed by atoms with Gasteiger partial charge in [-0.2, -0.15) is 0 Å². The third-order valence-corrected chi connectivity index (χ3v) is 3.51. The molecular weight excluding hydrogens is 274 g/mol. The molecule has 0 aliphatic rings. The summed E-state index contributed by atoms with van der Waals surface area (Å²) in [5, 5.41) is 2.87. The fourth-order valence-electron chi connectivity index (χ4n) is 2.16. The van der Waals surface area contributed by atoms with Crippen molar-refractivity contribution in [1.29, 1.82) is 0 Å². The van der Waals surface area contributed by atoms with Crippen LogP contribution in [0.3, 0.4) is 0 Å². The second-order valence-corrected chi connectivity index (χ2v) is 5.84. The summed E-state index contributed by atoms with van der Waals surface area (Å²) < 4.78 is 5.70. The zero-order chi connectivity index (χ0) is 16.1. The molecule has 0 fully saturated rings. The van der Waals surface area contributed by atoms with Crippen LogP contribution in [0.2, 0.25) is 0 Å². The van der Waals surface area contributed by atoms with Gasteiger partial charge in [-0.15, -0.1) is 0 Å². The van der Waals surface area contributed by atoms with E-state index in [1.807, 2.05) is 55.5 Å². The molecule has 0 aromatic heterocycles. The van der Waals surface area contributed by atoms with Crippen LogP contribution in [0.4, 0.5) is 5.69 Å². The van der Waals surface area contributed by atoms with Crippen LogP contribution in [-0.2, 0) is 4.79 Å². The second kappa shape index (κ2) is 7.12. The Morgan fingerprint density at radius 1 is 1.05 bits per heavy atom. The minimum Gasteiger partial charge on any atom is -0.481 e. The number of aryl methyl sites for hydroxylation is 1. The molecular formula is C19H23NO2. The number of amides is 1. The summed E-state index contributed by atoms with van der Waals surface area (Å²) in [5.41, 5.74) is 3.15. The molecule has 3 nitrogen and oxygen atoms in total. The number of anilines is 1. The minimum atomic E-state index is -0.551. The normalized spacial score (nSPS) is 12.0. The van der Waals surface area contributed by atoms with Gasteiger partial charge in [0.1, 0.15) is 5.75 Å². The maximum Gasteiger partial charge on any atom is 0.265 e. The van der Waals surface area contributed by atoms with Crippen molar-refractivity contribution in [2.75, 3.05) is 5.32 Å². The summed E-state index contributed by atoms with van der Waals surface area (Å²) in [6, 6.07) is 15.6. The van der Waals surface area contributed by atoms with Gasteiger partial charge < -0.3 is 10.1 Å². The van der Waals surface area contributed by atoms with E-state index in [1.54, 1.807) is 6.92 Å². The van der Waals surface area contributed by atoms with Crippen molar-refractivity contribution >= 4 is 11.6 Å². The van der Waals surface area contributed by atoms with E-state index in [1.165, 1.54) is 5.56 Å². The minimum absolute atomic E-state index is 0.154. The van der Waals surface area contributed by atoms with Crippen molar-refractivity contribution < 1.29 is 9.53 Å². The maximum absolute atomic E-state index is 12.2. The molecule has 0 saturated carbocycles. The van der Waals surface area contributed by atoms with E-state index in [2.05, 4.69) is 19.2 Å². The first kappa shape index (κ1) is 16.1. The van der Waals surface area contributed by atoms with E-state index >= 15 is 0 Å². The van der Waals surface area contributed by atoms with Gasteiger partial charge in [0.2, 0.25) is 0 Å². The summed E-state index contributed by atoms with van der Waals surface area (Å²) >= 11 is 0. The number of nitrogens with one attached hydrogen (secondary N) is 1. The third-order valence-electron chi connectivity index (χ3n) is 3.51. The van der Waals surface area contributed by atoms with Gasteiger partial charge in [0.15, 0.2) is 6.10 Å². The fourth-order valence-corrected chi connectivity index (χ4v) is 2.16. The van der Waals surface area contributed by atoms with Crippen molar-refractivity contribution in [2.24, 2.45) is 0 Å². The van der Waals surface area contributed by atoms with Gasteiger partial charge in [-0.05, 0) is 55.2 Å². The summed E-state index contributed by atoms with van der Waals surface area (Å²) in [6.07, 6.45) is -0.551. The van der Waals surface area contributed by atoms with Gasteiger partial charge in [-0.3, -0.25) is 4.79 Å². The molecule has 0 bridgehead atoms. The molecule has 0 spiro atoms. The average Bonchev–Trinajstić information content (AvgIpc) is 2.47. The van der Waals surface area contributed by atoms with Gasteiger partial charge in [-0.25, -0.2) is 0 Å². The lowest BCUT2D eigenvalue weighted by molar-refractivity contribution is -0.122. The standard InChI is InChI=1S/C19H23NO2/c1-13(2)16-8-10-18(11-9-16)22-15(4)19(21)20-17-7-5-6-14(3)12-17/h5-13,15H,1-4H3,(H,20,21)/t15-/m0/s1. The Kier molecular flexibility index (Phi) is 5.21. The van der Waals surface area contributed by atoms with Crippen LogP contribution in [0.25, 0.3) is 0 Å². The van der Waals surface area contributed by atoms with Crippen molar-refractivity contribution in [3.05, 3.63) is 59.7 Å². The largest absolute Gasteiger partial charge is 0.481 e. The highest BCUT2D eigenvalue weighted by atomic mass is 16.5. The lowest BCUT2D eigenvalue weighted by Gasteiger charge is -2.15. The predicted molar refractivity (Wildman–Crippen MR) is 90.4 cm³/mol. The summed E-state index contributed by atoms with van der Waals surface area (Å²) in [7, 11) is 0. The van der Waals surface area contributed by atoms with Crippen molar-refractivity contribution in [2.45, 2.75) is 39.7 Å². The van der Waals surface area contributed by atoms with Gasteiger partial charge >= 0.3 is 0 Å². The lowest BCUT2D eigenvalue weighted by Crippen LogP contribution is -2.30. The number of benzene rings is 2. The van der Waals surface area contributed by atoms with Crippen LogP contribution in [0.15, 0.2) is 48.5 Å². The van der Waals surface area contributed by atoms with Crippen molar-refractivity contribution in [3.63, 3.8) is 0 Å². The van der Waals surface area contributed by atoms with Crippen molar-refractivity contribution in [3.8, 4) is 5.75 Å². The molecule has 1 atom stereocenters. The molecule has 3 heteroatoms. The van der Waals surface area contributed by atoms with Crippen molar-refractivity contribution in [1.82, 2.24) is 0 Å². The highest BCUT2D eigenvalue weighted by molar-refractivity contribution is 5.94. The van der Waals surface area contributed by atoms with E-state index in [4.69, 9.17) is 4.74 Å². The first-order chi connectivity index (χ1) is 10.5. The molecule has 0 heterocycles. The maximum atomic E-state index is 12.2. The summed E-state index contributed by atoms with van der Waals surface area (Å²) in [4.78, 5) is 12.2. The molecule has 1 amide bonds. The second-order valence-electron chi connectivity index (χ2n) is 5.84. The van der Waals surface area contributed by atoms with Gasteiger partial charge in [0.05, 0.1) is 0 Å². The van der Waals surface area contributed by atoms with E-state index in [9.17, 15) is 4.79 Å². The zero-order valence-corrected chi connectivity index (χ0v) is 13.6. The number of hydrogen-bond donors (Lipinski definition) is 1. The van der Waals surface area contributed by atoms with E-state index in [0.717, 1.165) is 11.3 Å². The molecule has 2 aromatic rings. The first-order valence-corrected chi connectivity index (χ1v) is 7.60. The molecule has 0 unspecified atom stereocenters. The third kappa shape index (κ3) is 4.35. The zero-order valence-electron chi connectivity index (χ0n) is 13.6. The topological polar surface area (TPSA) is 38.3 Å². The van der Waals surface area contributed by atoms with E-state index in [-0.39, 0.29) is 5.91 Å². The molecule has 0 aliphatic heterocycles. The molecule has 1 N–H and O–H groups in total. The molecule has 0 radical (unpaired) electrons. The van der Waals surface area contributed by atoms with Crippen LogP contribution in [0, 0.1) is 6.92 Å². The molecule has 0 aliphatic carbocycles. The molecule has 22 heavy (non-hydrogen) atoms. The number of hydrogen-bond acceptors (Lipinski definition) is 2. The van der Waals surface area contributed by atoms with E-state index < -0.39 is 6.10 Å². The molecule has 0 saturated heterocycles. The summed E-state index contributed by atoms with van der Waals surface area (Å²) in [5.74, 6) is 1.03. The average molecular weight is 297 g/mol. The Morgan fingerprint density at radius 3 is 2.32 bits per heavy atom. The van der Waals surface area contributed by atoms with Crippen LogP contribution in [0.5, 0.6) is 5.75 Å². The van der Waals surface area contributed by atoms with Gasteiger partial charge in [0.25, 0.3) is 5.91 Å². The highest BCUT2D eigenvalue weighted by Gasteiger charge is 2.15. The highest BCUT2D eigenvalue weighted by Crippen LogP contribution is 2.19. The SMILES string of the molecule is Cc1cccc(NC(=O)[C@H](C)Oc2ccc(C(C)C)cc2)c1. The summed E-state index contributed by atoms with van der Waals surface area (Å²) in [6.45, 7) is 8.04. The van der Waals surface area contributed by atoms with E-state index in [0.29, 0.717) is 11.7 Å². The number of carbonyl (C=O) groups is 1. The molecule has 116 valence electrons. The van der Waals surface area contributed by atoms with Gasteiger partial charge in [0, 0.05) is 5.69 Å². The van der Waals surface area contributed by atoms with Gasteiger partial charge in [-0.1, -0.05) is 38.1 Å².